The summed E-state index contributed by atoms with van der Waals surface area (Å²) in [6.07, 6.45) is 0. The molecule has 0 radical (unpaired) electrons. The minimum Gasteiger partial charge on any atom is -0.228 e. The van der Waals surface area contributed by atoms with Crippen LogP contribution in [-0.4, -0.2) is 9.97 Å². The van der Waals surface area contributed by atoms with Gasteiger partial charge >= 0.3 is 0 Å². The highest BCUT2D eigenvalue weighted by Crippen LogP contribution is 2.65. The maximum absolute atomic E-state index is 5.19. The highest BCUT2D eigenvalue weighted by atomic mass is 14.9. The number of nitrogens with zero attached hydrogens (tertiary/aromatic N) is 2. The Morgan fingerprint density at radius 1 is 0.340 bits per heavy atom. The van der Waals surface area contributed by atoms with E-state index in [1.54, 1.807) is 0 Å². The van der Waals surface area contributed by atoms with E-state index >= 15 is 0 Å². The van der Waals surface area contributed by atoms with Crippen molar-refractivity contribution in [3.63, 3.8) is 0 Å². The van der Waals surface area contributed by atoms with Crippen molar-refractivity contribution >= 4 is 10.8 Å². The van der Waals surface area contributed by atoms with Gasteiger partial charge in [0, 0.05) is 16.7 Å². The van der Waals surface area contributed by atoms with Crippen molar-refractivity contribution in [1.82, 2.24) is 9.97 Å². The first kappa shape index (κ1) is 29.8. The lowest BCUT2D eigenvalue weighted by Crippen LogP contribution is -2.26. The van der Waals surface area contributed by atoms with Gasteiger partial charge < -0.3 is 0 Å². The fourth-order valence-electron chi connectivity index (χ4n) is 9.12. The molecule has 9 aromatic rings. The first-order valence-electron chi connectivity index (χ1n) is 18.3. The van der Waals surface area contributed by atoms with Gasteiger partial charge in [-0.25, -0.2) is 9.97 Å². The molecule has 0 saturated heterocycles. The molecule has 0 saturated carbocycles. The van der Waals surface area contributed by atoms with Gasteiger partial charge in [0.2, 0.25) is 0 Å². The molecular weight excluding hydrogens is 641 g/mol. The van der Waals surface area contributed by atoms with Crippen LogP contribution in [0.5, 0.6) is 0 Å². The second-order valence-corrected chi connectivity index (χ2v) is 14.1. The number of hydrogen-bond acceptors (Lipinski definition) is 2. The normalized spacial score (nSPS) is 13.1. The Kier molecular flexibility index (Phi) is 6.50. The Labute approximate surface area is 308 Å². The summed E-state index contributed by atoms with van der Waals surface area (Å²) in [7, 11) is 0. The van der Waals surface area contributed by atoms with E-state index in [4.69, 9.17) is 9.97 Å². The molecule has 2 nitrogen and oxygen atoms in total. The molecule has 1 aromatic heterocycles. The molecular formula is C51H32N2. The van der Waals surface area contributed by atoms with Crippen molar-refractivity contribution < 1.29 is 0 Å². The van der Waals surface area contributed by atoms with Crippen LogP contribution >= 0.6 is 0 Å². The molecule has 0 fully saturated rings. The van der Waals surface area contributed by atoms with Crippen LogP contribution in [0.3, 0.4) is 0 Å². The number of fused-ring (bicyclic) bond motifs is 12. The van der Waals surface area contributed by atoms with E-state index in [1.807, 2.05) is 24.3 Å². The van der Waals surface area contributed by atoms with E-state index in [9.17, 15) is 0 Å². The molecule has 246 valence electrons. The van der Waals surface area contributed by atoms with Crippen LogP contribution in [0.2, 0.25) is 0 Å². The fourth-order valence-corrected chi connectivity index (χ4v) is 9.12. The quantitative estimate of drug-likeness (QED) is 0.186. The molecule has 11 rings (SSSR count). The summed E-state index contributed by atoms with van der Waals surface area (Å²) in [5.74, 6) is 0.716. The summed E-state index contributed by atoms with van der Waals surface area (Å²) in [6, 6.07) is 70.2. The van der Waals surface area contributed by atoms with Crippen LogP contribution in [0.25, 0.3) is 78.1 Å². The molecule has 53 heavy (non-hydrogen) atoms. The van der Waals surface area contributed by atoms with Crippen molar-refractivity contribution in [2.24, 2.45) is 0 Å². The van der Waals surface area contributed by atoms with Crippen molar-refractivity contribution in [3.05, 3.63) is 216 Å². The lowest BCUT2D eigenvalue weighted by atomic mass is 9.69. The Bertz CT molecular complexity index is 2790. The molecule has 0 unspecified atom stereocenters. The van der Waals surface area contributed by atoms with Crippen LogP contribution in [0.15, 0.2) is 194 Å². The van der Waals surface area contributed by atoms with Crippen LogP contribution in [0.1, 0.15) is 22.3 Å². The third-order valence-corrected chi connectivity index (χ3v) is 11.3. The van der Waals surface area contributed by atoms with Crippen LogP contribution in [-0.2, 0) is 5.41 Å². The van der Waals surface area contributed by atoms with E-state index in [2.05, 4.69) is 170 Å². The molecule has 2 heteroatoms. The minimum absolute atomic E-state index is 0.436. The van der Waals surface area contributed by atoms with Crippen molar-refractivity contribution in [1.29, 1.82) is 0 Å². The largest absolute Gasteiger partial charge is 0.228 e. The van der Waals surface area contributed by atoms with Crippen LogP contribution in [0, 0.1) is 0 Å². The molecule has 1 spiro atoms. The van der Waals surface area contributed by atoms with E-state index in [-0.39, 0.29) is 0 Å². The first-order valence-corrected chi connectivity index (χ1v) is 18.3. The summed E-state index contributed by atoms with van der Waals surface area (Å²) >= 11 is 0. The standard InChI is InChI=1S/C51H32N2/c1-3-16-33(17-4-1)46-32-47(53-50(52-46)34-18-5-2-6-19-34)37-22-15-21-35(30-37)42-31-36-20-7-8-23-38(36)49-48(42)41-26-11-14-29-45(41)51(49)43-27-12-9-24-39(43)40-25-10-13-28-44(40)51/h1-32H. The molecule has 0 atom stereocenters. The van der Waals surface area contributed by atoms with Gasteiger partial charge in [0.1, 0.15) is 0 Å². The SMILES string of the molecule is c1ccc(-c2cc(-c3cccc(-c4cc5ccccc5c5c4-c4ccccc4C54c5ccccc5-c5ccccc54)c3)nc(-c3ccccc3)n2)cc1. The summed E-state index contributed by atoms with van der Waals surface area (Å²) in [5, 5.41) is 2.53. The first-order chi connectivity index (χ1) is 26.3. The third kappa shape index (κ3) is 4.33. The Hall–Kier alpha value is -6.90. The minimum atomic E-state index is -0.436. The maximum Gasteiger partial charge on any atom is 0.160 e. The zero-order chi connectivity index (χ0) is 34.9. The number of benzene rings is 8. The number of rotatable bonds is 4. The van der Waals surface area contributed by atoms with Gasteiger partial charge in [0.15, 0.2) is 5.82 Å². The molecule has 0 bridgehead atoms. The Morgan fingerprint density at radius 3 is 1.55 bits per heavy atom. The lowest BCUT2D eigenvalue weighted by Gasteiger charge is -2.31. The summed E-state index contributed by atoms with van der Waals surface area (Å²) in [4.78, 5) is 10.2. The van der Waals surface area contributed by atoms with E-state index in [0.29, 0.717) is 5.82 Å². The highest BCUT2D eigenvalue weighted by molar-refractivity contribution is 6.09. The second kappa shape index (κ2) is 11.6. The monoisotopic (exact) mass is 672 g/mol. The van der Waals surface area contributed by atoms with Gasteiger partial charge in [-0.15, -0.1) is 0 Å². The van der Waals surface area contributed by atoms with Gasteiger partial charge in [-0.2, -0.15) is 0 Å². The average molecular weight is 673 g/mol. The maximum atomic E-state index is 5.19. The molecule has 0 amide bonds. The van der Waals surface area contributed by atoms with Gasteiger partial charge in [0.25, 0.3) is 0 Å². The van der Waals surface area contributed by atoms with E-state index in [1.165, 1.54) is 60.8 Å². The fraction of sp³-hybridized carbons (Fsp3) is 0.0196. The zero-order valence-electron chi connectivity index (χ0n) is 28.9. The summed E-state index contributed by atoms with van der Waals surface area (Å²) < 4.78 is 0. The van der Waals surface area contributed by atoms with E-state index in [0.717, 1.165) is 33.6 Å². The Balaban J connectivity index is 1.19. The van der Waals surface area contributed by atoms with Gasteiger partial charge in [-0.3, -0.25) is 0 Å². The van der Waals surface area contributed by atoms with Gasteiger partial charge in [0.05, 0.1) is 16.8 Å². The third-order valence-electron chi connectivity index (χ3n) is 11.3. The molecule has 2 aliphatic rings. The lowest BCUT2D eigenvalue weighted by molar-refractivity contribution is 0.801. The molecule has 2 aliphatic carbocycles. The topological polar surface area (TPSA) is 25.8 Å². The predicted molar refractivity (Wildman–Crippen MR) is 218 cm³/mol. The summed E-state index contributed by atoms with van der Waals surface area (Å²) in [6.45, 7) is 0. The predicted octanol–water partition coefficient (Wildman–Crippen LogP) is 12.6. The summed E-state index contributed by atoms with van der Waals surface area (Å²) in [5.41, 5.74) is 17.5. The smallest absolute Gasteiger partial charge is 0.160 e. The second-order valence-electron chi connectivity index (χ2n) is 14.1. The highest BCUT2D eigenvalue weighted by Gasteiger charge is 2.52. The van der Waals surface area contributed by atoms with Crippen molar-refractivity contribution in [2.75, 3.05) is 0 Å². The molecule has 0 N–H and O–H groups in total. The van der Waals surface area contributed by atoms with Crippen molar-refractivity contribution in [3.8, 4) is 67.3 Å². The molecule has 1 heterocycles. The van der Waals surface area contributed by atoms with Crippen LogP contribution < -0.4 is 0 Å². The molecule has 8 aromatic carbocycles. The van der Waals surface area contributed by atoms with Crippen LogP contribution in [0.4, 0.5) is 0 Å². The Morgan fingerprint density at radius 2 is 0.849 bits per heavy atom. The van der Waals surface area contributed by atoms with E-state index < -0.39 is 5.41 Å². The zero-order valence-corrected chi connectivity index (χ0v) is 28.9. The number of hydrogen-bond donors (Lipinski definition) is 0. The van der Waals surface area contributed by atoms with Gasteiger partial charge in [-0.1, -0.05) is 176 Å². The average Bonchev–Trinajstić information content (AvgIpc) is 3.72. The number of aromatic nitrogens is 2. The molecule has 0 aliphatic heterocycles. The van der Waals surface area contributed by atoms with Gasteiger partial charge in [-0.05, 0) is 84.6 Å². The van der Waals surface area contributed by atoms with Crippen molar-refractivity contribution in [2.45, 2.75) is 5.41 Å².